The Kier molecular flexibility index (Phi) is 2.47. The average Bonchev–Trinajstić information content (AvgIpc) is 2.20. The normalized spacial score (nSPS) is 10.3. The lowest BCUT2D eigenvalue weighted by Gasteiger charge is -2.03. The van der Waals surface area contributed by atoms with Crippen LogP contribution in [-0.4, -0.2) is 4.98 Å². The van der Waals surface area contributed by atoms with E-state index in [2.05, 4.69) is 4.98 Å². The van der Waals surface area contributed by atoms with Crippen LogP contribution in [0.3, 0.4) is 0 Å². The van der Waals surface area contributed by atoms with Crippen LogP contribution in [0, 0.1) is 17.1 Å². The van der Waals surface area contributed by atoms with Crippen molar-refractivity contribution in [1.29, 1.82) is 5.26 Å². The first-order valence-electron chi connectivity index (χ1n) is 3.98. The van der Waals surface area contributed by atoms with Crippen molar-refractivity contribution in [2.75, 3.05) is 0 Å². The Morgan fingerprint density at radius 3 is 2.73 bits per heavy atom. The van der Waals surface area contributed by atoms with Crippen molar-refractivity contribution in [3.8, 4) is 6.07 Å². The van der Waals surface area contributed by atoms with Crippen LogP contribution in [-0.2, 0) is 0 Å². The molecular weight excluding hydrogens is 238 g/mol. The van der Waals surface area contributed by atoms with Crippen LogP contribution in [0.5, 0.6) is 0 Å². The summed E-state index contributed by atoms with van der Waals surface area (Å²) >= 11 is 11.6. The van der Waals surface area contributed by atoms with Crippen molar-refractivity contribution in [3.05, 3.63) is 39.8 Å². The highest BCUT2D eigenvalue weighted by Crippen LogP contribution is 2.30. The summed E-state index contributed by atoms with van der Waals surface area (Å²) in [5, 5.41) is 9.32. The summed E-state index contributed by atoms with van der Waals surface area (Å²) in [7, 11) is 0. The number of hydrogen-bond donors (Lipinski definition) is 0. The minimum absolute atomic E-state index is 0.0293. The molecule has 0 atom stereocenters. The SMILES string of the molecule is N#Cc1c(Cl)nc2ccc(F)cc2c1Cl. The molecule has 5 heteroatoms. The molecule has 1 aromatic heterocycles. The Bertz CT molecular complexity index is 590. The van der Waals surface area contributed by atoms with Crippen molar-refractivity contribution >= 4 is 34.1 Å². The van der Waals surface area contributed by atoms with Gasteiger partial charge in [-0.15, -0.1) is 0 Å². The monoisotopic (exact) mass is 240 g/mol. The summed E-state index contributed by atoms with van der Waals surface area (Å²) in [6.45, 7) is 0. The van der Waals surface area contributed by atoms with Gasteiger partial charge in [-0.2, -0.15) is 5.26 Å². The third-order valence-corrected chi connectivity index (χ3v) is 2.62. The topological polar surface area (TPSA) is 36.7 Å². The molecular formula is C10H3Cl2FN2. The molecule has 0 N–H and O–H groups in total. The fraction of sp³-hybridized carbons (Fsp3) is 0. The van der Waals surface area contributed by atoms with Crippen molar-refractivity contribution in [2.24, 2.45) is 0 Å². The number of halogens is 3. The summed E-state index contributed by atoms with van der Waals surface area (Å²) in [4.78, 5) is 3.94. The van der Waals surface area contributed by atoms with E-state index in [1.165, 1.54) is 18.2 Å². The predicted octanol–water partition coefficient (Wildman–Crippen LogP) is 3.55. The molecule has 0 bridgehead atoms. The molecule has 0 fully saturated rings. The fourth-order valence-electron chi connectivity index (χ4n) is 1.26. The Hall–Kier alpha value is -1.37. The highest BCUT2D eigenvalue weighted by atomic mass is 35.5. The summed E-state index contributed by atoms with van der Waals surface area (Å²) < 4.78 is 13.0. The van der Waals surface area contributed by atoms with Gasteiger partial charge in [0.1, 0.15) is 22.6 Å². The van der Waals surface area contributed by atoms with Crippen molar-refractivity contribution in [3.63, 3.8) is 0 Å². The van der Waals surface area contributed by atoms with Crippen LogP contribution in [0.25, 0.3) is 10.9 Å². The third kappa shape index (κ3) is 1.63. The molecule has 2 aromatic rings. The largest absolute Gasteiger partial charge is 0.235 e. The molecule has 2 rings (SSSR count). The molecule has 0 saturated heterocycles. The van der Waals surface area contributed by atoms with Crippen LogP contribution in [0.2, 0.25) is 10.2 Å². The second-order valence-electron chi connectivity index (χ2n) is 2.86. The van der Waals surface area contributed by atoms with Gasteiger partial charge in [0.05, 0.1) is 10.5 Å². The highest BCUT2D eigenvalue weighted by Gasteiger charge is 2.12. The third-order valence-electron chi connectivity index (χ3n) is 1.95. The quantitative estimate of drug-likeness (QED) is 0.661. The van der Waals surface area contributed by atoms with Gasteiger partial charge in [0.15, 0.2) is 0 Å². The summed E-state index contributed by atoms with van der Waals surface area (Å²) in [5.74, 6) is -0.433. The van der Waals surface area contributed by atoms with Gasteiger partial charge in [0.2, 0.25) is 0 Å². The first-order valence-corrected chi connectivity index (χ1v) is 4.73. The molecule has 0 radical (unpaired) electrons. The number of rotatable bonds is 0. The van der Waals surface area contributed by atoms with E-state index >= 15 is 0 Å². The van der Waals surface area contributed by atoms with Crippen LogP contribution in [0.1, 0.15) is 5.56 Å². The van der Waals surface area contributed by atoms with E-state index in [-0.39, 0.29) is 15.7 Å². The summed E-state index contributed by atoms with van der Waals surface area (Å²) in [6.07, 6.45) is 0. The van der Waals surface area contributed by atoms with Gasteiger partial charge in [0.25, 0.3) is 0 Å². The predicted molar refractivity (Wildman–Crippen MR) is 56.4 cm³/mol. The maximum absolute atomic E-state index is 13.0. The first-order chi connectivity index (χ1) is 7.13. The molecule has 0 aliphatic rings. The van der Waals surface area contributed by atoms with Crippen molar-refractivity contribution < 1.29 is 4.39 Å². The van der Waals surface area contributed by atoms with E-state index in [0.29, 0.717) is 10.9 Å². The van der Waals surface area contributed by atoms with Crippen LogP contribution >= 0.6 is 23.2 Å². The first kappa shape index (κ1) is 10.2. The zero-order chi connectivity index (χ0) is 11.0. The van der Waals surface area contributed by atoms with Crippen molar-refractivity contribution in [1.82, 2.24) is 4.98 Å². The minimum Gasteiger partial charge on any atom is -0.235 e. The molecule has 0 spiro atoms. The number of benzene rings is 1. The molecule has 0 unspecified atom stereocenters. The van der Waals surface area contributed by atoms with Gasteiger partial charge in [-0.3, -0.25) is 0 Å². The highest BCUT2D eigenvalue weighted by molar-refractivity contribution is 6.39. The van der Waals surface area contributed by atoms with Crippen LogP contribution in [0.4, 0.5) is 4.39 Å². The molecule has 0 saturated carbocycles. The second-order valence-corrected chi connectivity index (χ2v) is 3.60. The number of hydrogen-bond acceptors (Lipinski definition) is 2. The van der Waals surface area contributed by atoms with Gasteiger partial charge in [-0.1, -0.05) is 23.2 Å². The molecule has 1 heterocycles. The van der Waals surface area contributed by atoms with E-state index in [1.54, 1.807) is 0 Å². The standard InChI is InChI=1S/C10H3Cl2FN2/c11-9-6-3-5(13)1-2-8(6)15-10(12)7(9)4-14/h1-3H. The van der Waals surface area contributed by atoms with E-state index in [9.17, 15) is 4.39 Å². The Morgan fingerprint density at radius 2 is 2.07 bits per heavy atom. The zero-order valence-electron chi connectivity index (χ0n) is 7.26. The zero-order valence-corrected chi connectivity index (χ0v) is 8.77. The minimum atomic E-state index is -0.433. The lowest BCUT2D eigenvalue weighted by molar-refractivity contribution is 0.629. The smallest absolute Gasteiger partial charge is 0.149 e. The molecule has 0 aliphatic carbocycles. The molecule has 15 heavy (non-hydrogen) atoms. The van der Waals surface area contributed by atoms with Gasteiger partial charge >= 0.3 is 0 Å². The van der Waals surface area contributed by atoms with Gasteiger partial charge < -0.3 is 0 Å². The Balaban J connectivity index is 2.94. The molecule has 0 amide bonds. The van der Waals surface area contributed by atoms with E-state index in [1.807, 2.05) is 6.07 Å². The number of aromatic nitrogens is 1. The van der Waals surface area contributed by atoms with Crippen LogP contribution in [0.15, 0.2) is 18.2 Å². The summed E-state index contributed by atoms with van der Waals surface area (Å²) in [5.41, 5.74) is 0.529. The van der Waals surface area contributed by atoms with Gasteiger partial charge in [-0.25, -0.2) is 9.37 Å². The van der Waals surface area contributed by atoms with Gasteiger partial charge in [-0.05, 0) is 18.2 Å². The molecule has 1 aromatic carbocycles. The Labute approximate surface area is 94.9 Å². The lowest BCUT2D eigenvalue weighted by Crippen LogP contribution is -1.89. The van der Waals surface area contributed by atoms with Crippen LogP contribution < -0.4 is 0 Å². The van der Waals surface area contributed by atoms with E-state index in [0.717, 1.165) is 0 Å². The Morgan fingerprint density at radius 1 is 1.33 bits per heavy atom. The van der Waals surface area contributed by atoms with E-state index < -0.39 is 5.82 Å². The number of nitrogens with zero attached hydrogens (tertiary/aromatic N) is 2. The summed E-state index contributed by atoms with van der Waals surface area (Å²) in [6, 6.07) is 5.77. The van der Waals surface area contributed by atoms with E-state index in [4.69, 9.17) is 28.5 Å². The average molecular weight is 241 g/mol. The number of nitriles is 1. The maximum Gasteiger partial charge on any atom is 0.149 e. The molecule has 2 nitrogen and oxygen atoms in total. The fourth-order valence-corrected chi connectivity index (χ4v) is 1.82. The second kappa shape index (κ2) is 3.65. The number of fused-ring (bicyclic) bond motifs is 1. The molecule has 0 aliphatic heterocycles. The van der Waals surface area contributed by atoms with Gasteiger partial charge in [0, 0.05) is 5.39 Å². The molecule has 74 valence electrons. The van der Waals surface area contributed by atoms with Crippen molar-refractivity contribution in [2.45, 2.75) is 0 Å². The number of pyridine rings is 1. The maximum atomic E-state index is 13.0. The lowest BCUT2D eigenvalue weighted by atomic mass is 10.1.